The Morgan fingerprint density at radius 2 is 1.62 bits per heavy atom. The molecule has 2 aromatic rings. The van der Waals surface area contributed by atoms with Crippen LogP contribution in [-0.2, 0) is 5.41 Å². The Hall–Kier alpha value is -1.89. The first-order valence-corrected chi connectivity index (χ1v) is 7.72. The molecule has 2 rings (SSSR count). The second-order valence-electron chi connectivity index (χ2n) is 6.17. The van der Waals surface area contributed by atoms with Crippen LogP contribution in [0, 0.1) is 0 Å². The van der Waals surface area contributed by atoms with Crippen molar-refractivity contribution in [2.24, 2.45) is 0 Å². The summed E-state index contributed by atoms with van der Waals surface area (Å²) in [7, 11) is 0. The van der Waals surface area contributed by atoms with Gasteiger partial charge in [-0.1, -0.05) is 70.2 Å². The second-order valence-corrected chi connectivity index (χ2v) is 6.17. The van der Waals surface area contributed by atoms with E-state index >= 15 is 0 Å². The summed E-state index contributed by atoms with van der Waals surface area (Å²) in [6, 6.07) is 16.6. The van der Waals surface area contributed by atoms with Crippen molar-refractivity contribution < 1.29 is 4.79 Å². The number of hydrogen-bond donors (Lipinski definition) is 0. The topological polar surface area (TPSA) is 17.1 Å². The molecule has 1 heteroatoms. The molecule has 0 aliphatic rings. The van der Waals surface area contributed by atoms with Crippen molar-refractivity contribution in [3.63, 3.8) is 0 Å². The molecular formula is C20H24O. The van der Waals surface area contributed by atoms with Crippen molar-refractivity contribution in [3.05, 3.63) is 59.7 Å². The Bertz CT molecular complexity index is 621. The number of Topliss-reactive ketones (excluding diaryl/α,β-unsaturated/α-hetero) is 1. The van der Waals surface area contributed by atoms with Crippen molar-refractivity contribution in [3.8, 4) is 11.1 Å². The molecule has 0 spiro atoms. The maximum Gasteiger partial charge on any atom is 0.162 e. The molecule has 0 saturated carbocycles. The SMILES string of the molecule is CCC(=O)c1cccc(-c2ccc(C(C)(C)CC)cc2)c1. The molecule has 0 atom stereocenters. The molecule has 0 saturated heterocycles. The monoisotopic (exact) mass is 280 g/mol. The van der Waals surface area contributed by atoms with Crippen molar-refractivity contribution in [2.75, 3.05) is 0 Å². The lowest BCUT2D eigenvalue weighted by atomic mass is 9.82. The van der Waals surface area contributed by atoms with Crippen LogP contribution in [0.4, 0.5) is 0 Å². The average Bonchev–Trinajstić information content (AvgIpc) is 2.54. The summed E-state index contributed by atoms with van der Waals surface area (Å²) in [4.78, 5) is 11.8. The summed E-state index contributed by atoms with van der Waals surface area (Å²) >= 11 is 0. The quantitative estimate of drug-likeness (QED) is 0.648. The molecule has 1 nitrogen and oxygen atoms in total. The van der Waals surface area contributed by atoms with E-state index in [0.717, 1.165) is 23.1 Å². The largest absolute Gasteiger partial charge is 0.294 e. The zero-order valence-corrected chi connectivity index (χ0v) is 13.4. The smallest absolute Gasteiger partial charge is 0.162 e. The predicted molar refractivity (Wildman–Crippen MR) is 89.8 cm³/mol. The van der Waals surface area contributed by atoms with E-state index < -0.39 is 0 Å². The van der Waals surface area contributed by atoms with Gasteiger partial charge in [0.2, 0.25) is 0 Å². The van der Waals surface area contributed by atoms with Gasteiger partial charge in [-0.15, -0.1) is 0 Å². The highest BCUT2D eigenvalue weighted by atomic mass is 16.1. The summed E-state index contributed by atoms with van der Waals surface area (Å²) in [6.07, 6.45) is 1.67. The Balaban J connectivity index is 2.33. The standard InChI is InChI=1S/C20H24O/c1-5-19(21)17-9-7-8-16(14-17)15-10-12-18(13-11-15)20(3,4)6-2/h7-14H,5-6H2,1-4H3. The molecule has 110 valence electrons. The maximum absolute atomic E-state index is 11.8. The molecule has 2 aromatic carbocycles. The minimum atomic E-state index is 0.195. The van der Waals surface area contributed by atoms with E-state index in [2.05, 4.69) is 51.1 Å². The summed E-state index contributed by atoms with van der Waals surface area (Å²) in [5.41, 5.74) is 4.63. The molecule has 0 N–H and O–H groups in total. The molecule has 0 aliphatic heterocycles. The molecule has 0 aliphatic carbocycles. The van der Waals surface area contributed by atoms with Gasteiger partial charge in [-0.2, -0.15) is 0 Å². The van der Waals surface area contributed by atoms with Crippen LogP contribution in [0.15, 0.2) is 48.5 Å². The molecule has 0 unspecified atom stereocenters. The van der Waals surface area contributed by atoms with Crippen LogP contribution in [0.3, 0.4) is 0 Å². The molecule has 0 bridgehead atoms. The minimum absolute atomic E-state index is 0.195. The zero-order chi connectivity index (χ0) is 15.5. The zero-order valence-electron chi connectivity index (χ0n) is 13.4. The van der Waals surface area contributed by atoms with Crippen LogP contribution in [0.5, 0.6) is 0 Å². The summed E-state index contributed by atoms with van der Waals surface area (Å²) in [5.74, 6) is 0.195. The van der Waals surface area contributed by atoms with E-state index in [-0.39, 0.29) is 11.2 Å². The third-order valence-electron chi connectivity index (χ3n) is 4.39. The Kier molecular flexibility index (Phi) is 4.62. The van der Waals surface area contributed by atoms with Crippen molar-refractivity contribution in [1.29, 1.82) is 0 Å². The van der Waals surface area contributed by atoms with E-state index in [1.165, 1.54) is 5.56 Å². The van der Waals surface area contributed by atoms with Crippen molar-refractivity contribution >= 4 is 5.78 Å². The molecule has 0 fully saturated rings. The van der Waals surface area contributed by atoms with Gasteiger partial charge in [-0.3, -0.25) is 4.79 Å². The van der Waals surface area contributed by atoms with Gasteiger partial charge < -0.3 is 0 Å². The van der Waals surface area contributed by atoms with Gasteiger partial charge in [0.05, 0.1) is 0 Å². The van der Waals surface area contributed by atoms with Crippen LogP contribution < -0.4 is 0 Å². The Labute approximate surface area is 128 Å². The summed E-state index contributed by atoms with van der Waals surface area (Å²) in [6.45, 7) is 8.65. The lowest BCUT2D eigenvalue weighted by Gasteiger charge is -2.23. The van der Waals surface area contributed by atoms with E-state index in [0.29, 0.717) is 6.42 Å². The molecule has 0 radical (unpaired) electrons. The second kappa shape index (κ2) is 6.26. The van der Waals surface area contributed by atoms with Crippen molar-refractivity contribution in [1.82, 2.24) is 0 Å². The molecular weight excluding hydrogens is 256 g/mol. The van der Waals surface area contributed by atoms with Crippen LogP contribution in [-0.4, -0.2) is 5.78 Å². The third kappa shape index (κ3) is 3.41. The first-order valence-electron chi connectivity index (χ1n) is 7.72. The fourth-order valence-electron chi connectivity index (χ4n) is 2.39. The number of carbonyl (C=O) groups is 1. The van der Waals surface area contributed by atoms with Crippen LogP contribution in [0.25, 0.3) is 11.1 Å². The third-order valence-corrected chi connectivity index (χ3v) is 4.39. The van der Waals surface area contributed by atoms with Gasteiger partial charge in [0, 0.05) is 12.0 Å². The highest BCUT2D eigenvalue weighted by Crippen LogP contribution is 2.29. The molecule has 21 heavy (non-hydrogen) atoms. The number of carbonyl (C=O) groups excluding carboxylic acids is 1. The summed E-state index contributed by atoms with van der Waals surface area (Å²) < 4.78 is 0. The summed E-state index contributed by atoms with van der Waals surface area (Å²) in [5, 5.41) is 0. The van der Waals surface area contributed by atoms with E-state index in [9.17, 15) is 4.79 Å². The van der Waals surface area contributed by atoms with Crippen LogP contribution in [0.2, 0.25) is 0 Å². The highest BCUT2D eigenvalue weighted by Gasteiger charge is 2.17. The normalized spacial score (nSPS) is 11.4. The fraction of sp³-hybridized carbons (Fsp3) is 0.350. The fourth-order valence-corrected chi connectivity index (χ4v) is 2.39. The number of ketones is 1. The predicted octanol–water partition coefficient (Wildman–Crippen LogP) is 5.63. The highest BCUT2D eigenvalue weighted by molar-refractivity contribution is 5.97. The van der Waals surface area contributed by atoms with E-state index in [1.807, 2.05) is 25.1 Å². The van der Waals surface area contributed by atoms with Gasteiger partial charge >= 0.3 is 0 Å². The van der Waals surface area contributed by atoms with Gasteiger partial charge in [-0.25, -0.2) is 0 Å². The lowest BCUT2D eigenvalue weighted by Crippen LogP contribution is -2.14. The lowest BCUT2D eigenvalue weighted by molar-refractivity contribution is 0.0988. The maximum atomic E-state index is 11.8. The number of rotatable bonds is 5. The van der Waals surface area contributed by atoms with Crippen molar-refractivity contribution in [2.45, 2.75) is 46.0 Å². The van der Waals surface area contributed by atoms with E-state index in [1.54, 1.807) is 0 Å². The Morgan fingerprint density at radius 3 is 2.19 bits per heavy atom. The molecule has 0 heterocycles. The van der Waals surface area contributed by atoms with Gasteiger partial charge in [0.15, 0.2) is 5.78 Å². The van der Waals surface area contributed by atoms with Gasteiger partial charge in [0.1, 0.15) is 0 Å². The first kappa shape index (κ1) is 15.5. The minimum Gasteiger partial charge on any atom is -0.294 e. The average molecular weight is 280 g/mol. The molecule has 0 aromatic heterocycles. The van der Waals surface area contributed by atoms with E-state index in [4.69, 9.17) is 0 Å². The Morgan fingerprint density at radius 1 is 0.952 bits per heavy atom. The number of benzene rings is 2. The first-order chi connectivity index (χ1) is 9.97. The van der Waals surface area contributed by atoms with Crippen LogP contribution >= 0.6 is 0 Å². The van der Waals surface area contributed by atoms with Gasteiger partial charge in [-0.05, 0) is 34.6 Å². The van der Waals surface area contributed by atoms with Crippen LogP contribution in [0.1, 0.15) is 56.5 Å². The number of hydrogen-bond acceptors (Lipinski definition) is 1. The van der Waals surface area contributed by atoms with Gasteiger partial charge in [0.25, 0.3) is 0 Å². The molecule has 0 amide bonds.